The molecule has 0 aliphatic heterocycles. The van der Waals surface area contributed by atoms with Crippen LogP contribution in [-0.2, 0) is 22.6 Å². The number of methoxy groups -OCH3 is 1. The molecule has 11 nitrogen and oxygen atoms in total. The molecule has 3 rings (SSSR count). The van der Waals surface area contributed by atoms with Crippen LogP contribution in [0, 0.1) is 10.1 Å². The average molecular weight is 604 g/mol. The molecule has 3 aromatic rings. The molecular weight excluding hydrogens is 566 g/mol. The first-order chi connectivity index (χ1) is 21.3. The van der Waals surface area contributed by atoms with Crippen LogP contribution in [0.15, 0.2) is 84.9 Å². The topological polar surface area (TPSA) is 148 Å². The number of benzene rings is 3. The van der Waals surface area contributed by atoms with E-state index in [4.69, 9.17) is 9.47 Å². The van der Waals surface area contributed by atoms with Crippen molar-refractivity contribution in [2.75, 3.05) is 26.8 Å². The number of non-ortho nitro benzene ring substituents is 1. The Labute approximate surface area is 256 Å². The number of rotatable bonds is 19. The number of ketones is 1. The third-order valence-corrected chi connectivity index (χ3v) is 6.67. The number of nitrogens with one attached hydrogen (secondary N) is 1. The fourth-order valence-corrected chi connectivity index (χ4v) is 4.34. The molecule has 44 heavy (non-hydrogen) atoms. The number of aryl methyl sites for hydroxylation is 1. The summed E-state index contributed by atoms with van der Waals surface area (Å²) in [7, 11) is 1.59. The molecule has 0 fully saturated rings. The number of hydrogen-bond acceptors (Lipinski definition) is 9. The van der Waals surface area contributed by atoms with Crippen molar-refractivity contribution in [2.24, 2.45) is 0 Å². The van der Waals surface area contributed by atoms with Crippen LogP contribution in [0.5, 0.6) is 11.5 Å². The van der Waals surface area contributed by atoms with E-state index >= 15 is 0 Å². The molecule has 1 amide bonds. The van der Waals surface area contributed by atoms with Gasteiger partial charge in [-0.2, -0.15) is 0 Å². The summed E-state index contributed by atoms with van der Waals surface area (Å²) in [5, 5.41) is 23.8. The van der Waals surface area contributed by atoms with Crippen molar-refractivity contribution >= 4 is 23.7 Å². The van der Waals surface area contributed by atoms with E-state index < -0.39 is 11.2 Å². The second kappa shape index (κ2) is 17.9. The number of aldehydes is 1. The van der Waals surface area contributed by atoms with Crippen LogP contribution >= 0.6 is 0 Å². The van der Waals surface area contributed by atoms with Gasteiger partial charge >= 0.3 is 0 Å². The number of hydrogen-bond donors (Lipinski definition) is 2. The Balaban J connectivity index is 1.51. The van der Waals surface area contributed by atoms with E-state index in [1.807, 2.05) is 65.6 Å². The van der Waals surface area contributed by atoms with Crippen LogP contribution in [0.4, 0.5) is 5.69 Å². The van der Waals surface area contributed by atoms with Crippen LogP contribution in [0.25, 0.3) is 0 Å². The summed E-state index contributed by atoms with van der Waals surface area (Å²) < 4.78 is 10.8. The molecule has 0 bridgehead atoms. The van der Waals surface area contributed by atoms with E-state index in [0.717, 1.165) is 17.2 Å². The SMILES string of the molecule is COc1ccc(CN(C/C=C/COc2ccc([N+](=O)[O-])cc2C=O)CC(=O)CCC(O)NC(=O)CCc2ccccc2)cc1. The Bertz CT molecular complexity index is 1410. The van der Waals surface area contributed by atoms with Crippen molar-refractivity contribution in [3.05, 3.63) is 112 Å². The number of amides is 1. The minimum Gasteiger partial charge on any atom is -0.497 e. The van der Waals surface area contributed by atoms with Crippen LogP contribution in [0.1, 0.15) is 40.7 Å². The van der Waals surface area contributed by atoms with Gasteiger partial charge in [0.1, 0.15) is 30.1 Å². The number of nitro benzene ring substituents is 1. The van der Waals surface area contributed by atoms with Gasteiger partial charge in [0.2, 0.25) is 5.91 Å². The minimum atomic E-state index is -1.12. The summed E-state index contributed by atoms with van der Waals surface area (Å²) >= 11 is 0. The standard InChI is InChI=1S/C33H37N3O8/c1-43-30-14-9-26(10-15-30)22-35(19-5-6-20-44-31-16-12-28(36(41)42)21-27(31)24-37)23-29(38)13-18-33(40)34-32(39)17-11-25-7-3-2-4-8-25/h2-10,12,14-16,21,24,33,40H,11,13,17-20,22-23H2,1H3,(H,34,39)/b6-5+. The molecule has 0 heterocycles. The Morgan fingerprint density at radius 2 is 1.77 bits per heavy atom. The summed E-state index contributed by atoms with van der Waals surface area (Å²) in [6.07, 6.45) is 3.92. The van der Waals surface area contributed by atoms with Gasteiger partial charge in [0, 0.05) is 38.1 Å². The van der Waals surface area contributed by atoms with E-state index in [1.165, 1.54) is 12.1 Å². The zero-order valence-corrected chi connectivity index (χ0v) is 24.6. The monoisotopic (exact) mass is 603 g/mol. The summed E-state index contributed by atoms with van der Waals surface area (Å²) in [6, 6.07) is 20.9. The molecular formula is C33H37N3O8. The molecule has 232 valence electrons. The maximum atomic E-state index is 12.8. The number of ether oxygens (including phenoxy) is 2. The first kappa shape index (κ1) is 33.6. The smallest absolute Gasteiger partial charge is 0.270 e. The van der Waals surface area contributed by atoms with Gasteiger partial charge in [-0.1, -0.05) is 54.6 Å². The van der Waals surface area contributed by atoms with E-state index in [1.54, 1.807) is 13.2 Å². The number of carbonyl (C=O) groups excluding carboxylic acids is 3. The predicted octanol–water partition coefficient (Wildman–Crippen LogP) is 4.27. The van der Waals surface area contributed by atoms with Gasteiger partial charge < -0.3 is 19.9 Å². The van der Waals surface area contributed by atoms with Gasteiger partial charge in [0.05, 0.1) is 24.1 Å². The van der Waals surface area contributed by atoms with Crippen molar-refractivity contribution in [1.29, 1.82) is 0 Å². The number of aliphatic hydroxyl groups excluding tert-OH is 1. The normalized spacial score (nSPS) is 11.7. The molecule has 0 spiro atoms. The van der Waals surface area contributed by atoms with Crippen molar-refractivity contribution in [1.82, 2.24) is 10.2 Å². The lowest BCUT2D eigenvalue weighted by Gasteiger charge is -2.21. The lowest BCUT2D eigenvalue weighted by molar-refractivity contribution is -0.384. The van der Waals surface area contributed by atoms with Crippen molar-refractivity contribution < 1.29 is 33.9 Å². The Kier molecular flexibility index (Phi) is 13.7. The lowest BCUT2D eigenvalue weighted by atomic mass is 10.1. The van der Waals surface area contributed by atoms with E-state index in [-0.39, 0.29) is 61.1 Å². The Hall–Kier alpha value is -4.87. The predicted molar refractivity (Wildman–Crippen MR) is 165 cm³/mol. The van der Waals surface area contributed by atoms with Crippen molar-refractivity contribution in [3.8, 4) is 11.5 Å². The van der Waals surface area contributed by atoms with Crippen molar-refractivity contribution in [3.63, 3.8) is 0 Å². The van der Waals surface area contributed by atoms with Crippen LogP contribution in [-0.4, -0.2) is 65.9 Å². The molecule has 11 heteroatoms. The fourth-order valence-electron chi connectivity index (χ4n) is 4.34. The minimum absolute atomic E-state index is 0.0777. The summed E-state index contributed by atoms with van der Waals surface area (Å²) in [4.78, 5) is 48.7. The first-order valence-electron chi connectivity index (χ1n) is 14.2. The van der Waals surface area contributed by atoms with Crippen molar-refractivity contribution in [2.45, 2.75) is 38.5 Å². The fraction of sp³-hybridized carbons (Fsp3) is 0.303. The summed E-state index contributed by atoms with van der Waals surface area (Å²) in [5.74, 6) is 0.568. The van der Waals surface area contributed by atoms with Crippen LogP contribution < -0.4 is 14.8 Å². The number of carbonyl (C=O) groups is 3. The van der Waals surface area contributed by atoms with Crippen LogP contribution in [0.3, 0.4) is 0 Å². The molecule has 3 aromatic carbocycles. The zero-order chi connectivity index (χ0) is 31.7. The number of aliphatic hydroxyl groups is 1. The highest BCUT2D eigenvalue weighted by Crippen LogP contribution is 2.22. The summed E-state index contributed by atoms with van der Waals surface area (Å²) in [5.41, 5.74) is 1.87. The molecule has 1 atom stereocenters. The van der Waals surface area contributed by atoms with E-state index in [9.17, 15) is 29.6 Å². The van der Waals surface area contributed by atoms with Gasteiger partial charge in [0.15, 0.2) is 6.29 Å². The number of Topliss-reactive ketones (excluding diaryl/α,β-unsaturated/α-hetero) is 1. The van der Waals surface area contributed by atoms with Crippen LogP contribution in [0.2, 0.25) is 0 Å². The second-order valence-electron chi connectivity index (χ2n) is 10.0. The lowest BCUT2D eigenvalue weighted by Crippen LogP contribution is -2.36. The first-order valence-corrected chi connectivity index (χ1v) is 14.2. The quantitative estimate of drug-likeness (QED) is 0.0674. The molecule has 0 saturated carbocycles. The molecule has 0 aliphatic carbocycles. The largest absolute Gasteiger partial charge is 0.497 e. The molecule has 1 unspecified atom stereocenters. The number of nitro groups is 1. The summed E-state index contributed by atoms with van der Waals surface area (Å²) in [6.45, 7) is 1.10. The highest BCUT2D eigenvalue weighted by Gasteiger charge is 2.15. The average Bonchev–Trinajstić information content (AvgIpc) is 3.03. The highest BCUT2D eigenvalue weighted by atomic mass is 16.6. The second-order valence-corrected chi connectivity index (χ2v) is 10.0. The highest BCUT2D eigenvalue weighted by molar-refractivity contribution is 5.81. The van der Waals surface area contributed by atoms with Gasteiger partial charge in [0.25, 0.3) is 5.69 Å². The Morgan fingerprint density at radius 3 is 2.45 bits per heavy atom. The third-order valence-electron chi connectivity index (χ3n) is 6.67. The maximum Gasteiger partial charge on any atom is 0.270 e. The third kappa shape index (κ3) is 11.8. The van der Waals surface area contributed by atoms with E-state index in [0.29, 0.717) is 31.5 Å². The van der Waals surface area contributed by atoms with E-state index in [2.05, 4.69) is 5.32 Å². The molecule has 0 aliphatic rings. The molecule has 0 aromatic heterocycles. The maximum absolute atomic E-state index is 12.8. The van der Waals surface area contributed by atoms with Gasteiger partial charge in [-0.3, -0.25) is 29.4 Å². The number of nitrogens with zero attached hydrogens (tertiary/aromatic N) is 2. The molecule has 2 N–H and O–H groups in total. The van der Waals surface area contributed by atoms with Gasteiger partial charge in [-0.15, -0.1) is 0 Å². The molecule has 0 saturated heterocycles. The zero-order valence-electron chi connectivity index (χ0n) is 24.6. The van der Waals surface area contributed by atoms with Gasteiger partial charge in [-0.25, -0.2) is 0 Å². The molecule has 0 radical (unpaired) electrons. The van der Waals surface area contributed by atoms with Gasteiger partial charge in [-0.05, 0) is 42.2 Å². The Morgan fingerprint density at radius 1 is 1.02 bits per heavy atom.